The minimum atomic E-state index is -0.149. The van der Waals surface area contributed by atoms with E-state index in [0.29, 0.717) is 22.8 Å². The van der Waals surface area contributed by atoms with Crippen LogP contribution in [0.1, 0.15) is 44.8 Å². The van der Waals surface area contributed by atoms with Crippen molar-refractivity contribution in [3.8, 4) is 0 Å². The molecule has 6 nitrogen and oxygen atoms in total. The topological polar surface area (TPSA) is 89.9 Å². The second kappa shape index (κ2) is 4.89. The molecule has 0 aliphatic carbocycles. The largest absolute Gasteiger partial charge is 0.390 e. The average Bonchev–Trinajstić information content (AvgIpc) is 2.64. The molecule has 98 valence electrons. The second-order valence-electron chi connectivity index (χ2n) is 4.60. The van der Waals surface area contributed by atoms with E-state index in [1.165, 1.54) is 0 Å². The molecule has 0 spiro atoms. The van der Waals surface area contributed by atoms with Crippen molar-refractivity contribution in [2.45, 2.75) is 46.3 Å². The van der Waals surface area contributed by atoms with E-state index in [2.05, 4.69) is 21.9 Å². The summed E-state index contributed by atoms with van der Waals surface area (Å²) < 4.78 is 1.87. The fraction of sp³-hybridized carbons (Fsp3) is 0.583. The van der Waals surface area contributed by atoms with Gasteiger partial charge in [0.2, 0.25) is 5.95 Å². The Hall–Kier alpha value is -1.69. The molecule has 0 saturated carbocycles. The maximum atomic E-state index is 9.39. The molecule has 0 amide bonds. The summed E-state index contributed by atoms with van der Waals surface area (Å²) in [5, 5.41) is 9.39. The van der Waals surface area contributed by atoms with Gasteiger partial charge in [-0.25, -0.2) is 15.0 Å². The number of rotatable bonds is 4. The summed E-state index contributed by atoms with van der Waals surface area (Å²) in [6.45, 7) is 5.97. The van der Waals surface area contributed by atoms with Gasteiger partial charge in [0, 0.05) is 12.5 Å². The van der Waals surface area contributed by atoms with Crippen molar-refractivity contribution in [1.82, 2.24) is 19.5 Å². The molecule has 0 fully saturated rings. The molecule has 2 aromatic rings. The number of hydrogen-bond donors (Lipinski definition) is 2. The number of aliphatic hydroxyl groups excluding tert-OH is 1. The third-order valence-corrected chi connectivity index (χ3v) is 2.83. The van der Waals surface area contributed by atoms with Crippen LogP contribution in [-0.2, 0) is 13.0 Å². The Labute approximate surface area is 106 Å². The van der Waals surface area contributed by atoms with E-state index in [0.717, 1.165) is 18.7 Å². The van der Waals surface area contributed by atoms with Crippen LogP contribution in [0.3, 0.4) is 0 Å². The molecule has 0 aromatic carbocycles. The van der Waals surface area contributed by atoms with Gasteiger partial charge < -0.3 is 10.8 Å². The van der Waals surface area contributed by atoms with Crippen LogP contribution in [0.4, 0.5) is 5.95 Å². The zero-order valence-electron chi connectivity index (χ0n) is 11.0. The van der Waals surface area contributed by atoms with Crippen LogP contribution in [0.25, 0.3) is 11.2 Å². The van der Waals surface area contributed by atoms with E-state index < -0.39 is 0 Å². The van der Waals surface area contributed by atoms with E-state index in [-0.39, 0.29) is 12.6 Å². The molecule has 0 bridgehead atoms. The first-order chi connectivity index (χ1) is 8.58. The lowest BCUT2D eigenvalue weighted by atomic mass is 10.3. The molecule has 0 radical (unpaired) electrons. The van der Waals surface area contributed by atoms with Crippen molar-refractivity contribution < 1.29 is 5.11 Å². The van der Waals surface area contributed by atoms with Gasteiger partial charge in [0.1, 0.15) is 11.3 Å². The zero-order chi connectivity index (χ0) is 13.3. The fourth-order valence-corrected chi connectivity index (χ4v) is 2.05. The third-order valence-electron chi connectivity index (χ3n) is 2.83. The number of nitrogens with zero attached hydrogens (tertiary/aromatic N) is 4. The lowest BCUT2D eigenvalue weighted by Crippen LogP contribution is -2.08. The minimum Gasteiger partial charge on any atom is -0.390 e. The summed E-state index contributed by atoms with van der Waals surface area (Å²) in [6, 6.07) is 0.172. The summed E-state index contributed by atoms with van der Waals surface area (Å²) in [5.74, 6) is 1.15. The highest BCUT2D eigenvalue weighted by Crippen LogP contribution is 2.23. The number of imidazole rings is 1. The quantitative estimate of drug-likeness (QED) is 0.855. The zero-order valence-corrected chi connectivity index (χ0v) is 11.0. The van der Waals surface area contributed by atoms with Crippen molar-refractivity contribution >= 4 is 17.1 Å². The normalized spacial score (nSPS) is 11.6. The Morgan fingerprint density at radius 1 is 1.28 bits per heavy atom. The maximum Gasteiger partial charge on any atom is 0.202 e. The van der Waals surface area contributed by atoms with Gasteiger partial charge >= 0.3 is 0 Å². The second-order valence-corrected chi connectivity index (χ2v) is 4.60. The molecule has 18 heavy (non-hydrogen) atoms. The highest BCUT2D eigenvalue weighted by molar-refractivity contribution is 5.76. The predicted octanol–water partition coefficient (Wildman–Crippen LogP) is 1.43. The fourth-order valence-electron chi connectivity index (χ4n) is 2.05. The lowest BCUT2D eigenvalue weighted by molar-refractivity contribution is 0.277. The molecule has 6 heteroatoms. The van der Waals surface area contributed by atoms with Gasteiger partial charge in [0.25, 0.3) is 0 Å². The van der Waals surface area contributed by atoms with E-state index in [4.69, 9.17) is 5.73 Å². The number of anilines is 1. The molecule has 2 heterocycles. The van der Waals surface area contributed by atoms with Gasteiger partial charge in [-0.2, -0.15) is 0 Å². The van der Waals surface area contributed by atoms with Crippen molar-refractivity contribution in [1.29, 1.82) is 0 Å². The van der Waals surface area contributed by atoms with Gasteiger partial charge in [-0.15, -0.1) is 0 Å². The molecule has 0 aliphatic heterocycles. The SMILES string of the molecule is CCCc1nc(CO)c2nc(N)n(C(C)C)c2n1. The average molecular weight is 249 g/mol. The van der Waals surface area contributed by atoms with Gasteiger partial charge in [-0.1, -0.05) is 6.92 Å². The summed E-state index contributed by atoms with van der Waals surface area (Å²) in [5.41, 5.74) is 7.77. The van der Waals surface area contributed by atoms with Crippen molar-refractivity contribution in [2.75, 3.05) is 5.73 Å². The van der Waals surface area contributed by atoms with Crippen LogP contribution < -0.4 is 5.73 Å². The number of nitrogen functional groups attached to an aromatic ring is 1. The summed E-state index contributed by atoms with van der Waals surface area (Å²) in [7, 11) is 0. The Kier molecular flexibility index (Phi) is 3.47. The molecular weight excluding hydrogens is 230 g/mol. The first-order valence-electron chi connectivity index (χ1n) is 6.22. The number of fused-ring (bicyclic) bond motifs is 1. The van der Waals surface area contributed by atoms with E-state index >= 15 is 0 Å². The molecule has 2 aromatic heterocycles. The van der Waals surface area contributed by atoms with E-state index in [1.807, 2.05) is 18.4 Å². The van der Waals surface area contributed by atoms with Crippen molar-refractivity contribution in [2.24, 2.45) is 0 Å². The molecule has 3 N–H and O–H groups in total. The number of hydrogen-bond acceptors (Lipinski definition) is 5. The van der Waals surface area contributed by atoms with Gasteiger partial charge in [-0.3, -0.25) is 4.57 Å². The molecular formula is C12H19N5O. The van der Waals surface area contributed by atoms with Crippen LogP contribution in [0.2, 0.25) is 0 Å². The van der Waals surface area contributed by atoms with Crippen LogP contribution in [-0.4, -0.2) is 24.6 Å². The minimum absolute atomic E-state index is 0.149. The molecule has 0 atom stereocenters. The van der Waals surface area contributed by atoms with E-state index in [9.17, 15) is 5.11 Å². The van der Waals surface area contributed by atoms with Crippen molar-refractivity contribution in [3.63, 3.8) is 0 Å². The molecule has 0 saturated heterocycles. The Bertz CT molecular complexity index is 561. The number of aliphatic hydroxyl groups is 1. The Morgan fingerprint density at radius 2 is 2.00 bits per heavy atom. The monoisotopic (exact) mass is 249 g/mol. The van der Waals surface area contributed by atoms with Crippen LogP contribution >= 0.6 is 0 Å². The van der Waals surface area contributed by atoms with Crippen LogP contribution in [0.15, 0.2) is 0 Å². The number of aryl methyl sites for hydroxylation is 1. The Balaban J connectivity index is 2.72. The standard InChI is InChI=1S/C12H19N5O/c1-4-5-9-14-8(6-18)10-11(15-9)17(7(2)3)12(13)16-10/h7,18H,4-6H2,1-3H3,(H2,13,16). The molecule has 2 rings (SSSR count). The number of aromatic nitrogens is 4. The lowest BCUT2D eigenvalue weighted by Gasteiger charge is -2.10. The highest BCUT2D eigenvalue weighted by Gasteiger charge is 2.17. The third kappa shape index (κ3) is 2.03. The first-order valence-corrected chi connectivity index (χ1v) is 6.22. The van der Waals surface area contributed by atoms with E-state index in [1.54, 1.807) is 0 Å². The van der Waals surface area contributed by atoms with Gasteiger partial charge in [0.15, 0.2) is 5.65 Å². The smallest absolute Gasteiger partial charge is 0.202 e. The van der Waals surface area contributed by atoms with Crippen LogP contribution in [0.5, 0.6) is 0 Å². The van der Waals surface area contributed by atoms with Crippen LogP contribution in [0, 0.1) is 0 Å². The first kappa shape index (κ1) is 12.8. The molecule has 0 unspecified atom stereocenters. The molecule has 0 aliphatic rings. The summed E-state index contributed by atoms with van der Waals surface area (Å²) in [6.07, 6.45) is 1.74. The summed E-state index contributed by atoms with van der Waals surface area (Å²) in [4.78, 5) is 13.1. The van der Waals surface area contributed by atoms with Gasteiger partial charge in [-0.05, 0) is 20.3 Å². The number of nitrogens with two attached hydrogens (primary N) is 1. The van der Waals surface area contributed by atoms with Gasteiger partial charge in [0.05, 0.1) is 12.3 Å². The van der Waals surface area contributed by atoms with Crippen molar-refractivity contribution in [3.05, 3.63) is 11.5 Å². The summed E-state index contributed by atoms with van der Waals surface area (Å²) >= 11 is 0. The Morgan fingerprint density at radius 3 is 2.56 bits per heavy atom. The maximum absolute atomic E-state index is 9.39. The predicted molar refractivity (Wildman–Crippen MR) is 70.0 cm³/mol. The highest BCUT2D eigenvalue weighted by atomic mass is 16.3.